The van der Waals surface area contributed by atoms with Crippen LogP contribution in [-0.2, 0) is 10.2 Å². The first-order valence-corrected chi connectivity index (χ1v) is 9.29. The van der Waals surface area contributed by atoms with Crippen molar-refractivity contribution < 1.29 is 9.18 Å². The van der Waals surface area contributed by atoms with Crippen LogP contribution in [0.25, 0.3) is 0 Å². The first-order chi connectivity index (χ1) is 12.5. The summed E-state index contributed by atoms with van der Waals surface area (Å²) in [6.45, 7) is 0.535. The lowest BCUT2D eigenvalue weighted by Crippen LogP contribution is -2.45. The minimum atomic E-state index is -0.602. The first kappa shape index (κ1) is 18.6. The van der Waals surface area contributed by atoms with E-state index in [0.29, 0.717) is 6.54 Å². The molecule has 0 saturated heterocycles. The number of nitrogens with one attached hydrogen (secondary N) is 1. The first-order valence-electron chi connectivity index (χ1n) is 9.29. The molecule has 3 nitrogen and oxygen atoms in total. The van der Waals surface area contributed by atoms with Gasteiger partial charge in [-0.3, -0.25) is 4.79 Å². The molecule has 0 bridgehead atoms. The fourth-order valence-electron chi connectivity index (χ4n) is 4.04. The van der Waals surface area contributed by atoms with Gasteiger partial charge >= 0.3 is 0 Å². The van der Waals surface area contributed by atoms with Crippen LogP contribution in [0.3, 0.4) is 0 Å². The SMILES string of the molecule is CN(C)C(CNC(=O)C1(c2cccc(F)c2)CCCC1)c1ccccc1. The highest BCUT2D eigenvalue weighted by atomic mass is 19.1. The van der Waals surface area contributed by atoms with Crippen LogP contribution in [0, 0.1) is 5.82 Å². The van der Waals surface area contributed by atoms with Gasteiger partial charge in [-0.2, -0.15) is 0 Å². The van der Waals surface area contributed by atoms with Crippen LogP contribution in [0.5, 0.6) is 0 Å². The number of carbonyl (C=O) groups excluding carboxylic acids is 1. The monoisotopic (exact) mass is 354 g/mol. The molecule has 4 heteroatoms. The molecule has 0 aromatic heterocycles. The van der Waals surface area contributed by atoms with Gasteiger partial charge in [-0.1, -0.05) is 55.3 Å². The van der Waals surface area contributed by atoms with Crippen molar-refractivity contribution in [1.29, 1.82) is 0 Å². The molecule has 1 atom stereocenters. The summed E-state index contributed by atoms with van der Waals surface area (Å²) in [5, 5.41) is 3.16. The van der Waals surface area contributed by atoms with Gasteiger partial charge in [0.15, 0.2) is 0 Å². The summed E-state index contributed by atoms with van der Waals surface area (Å²) in [6.07, 6.45) is 3.56. The Morgan fingerprint density at radius 3 is 2.42 bits per heavy atom. The Morgan fingerprint density at radius 1 is 1.12 bits per heavy atom. The predicted octanol–water partition coefficient (Wildman–Crippen LogP) is 4.06. The van der Waals surface area contributed by atoms with E-state index in [-0.39, 0.29) is 17.8 Å². The molecule has 3 rings (SSSR count). The van der Waals surface area contributed by atoms with Gasteiger partial charge in [0.25, 0.3) is 0 Å². The number of halogens is 1. The molecule has 1 unspecified atom stereocenters. The number of rotatable bonds is 6. The highest BCUT2D eigenvalue weighted by Gasteiger charge is 2.42. The Balaban J connectivity index is 1.78. The van der Waals surface area contributed by atoms with Crippen molar-refractivity contribution in [2.45, 2.75) is 37.1 Å². The van der Waals surface area contributed by atoms with Crippen molar-refractivity contribution in [3.63, 3.8) is 0 Å². The normalized spacial score (nSPS) is 17.2. The third-order valence-electron chi connectivity index (χ3n) is 5.53. The third-order valence-corrected chi connectivity index (χ3v) is 5.53. The van der Waals surface area contributed by atoms with Crippen molar-refractivity contribution in [3.05, 3.63) is 71.5 Å². The Kier molecular flexibility index (Phi) is 5.72. The van der Waals surface area contributed by atoms with E-state index in [0.717, 1.165) is 31.2 Å². The number of hydrogen-bond acceptors (Lipinski definition) is 2. The minimum absolute atomic E-state index is 0.0170. The minimum Gasteiger partial charge on any atom is -0.353 e. The molecule has 1 N–H and O–H groups in total. The van der Waals surface area contributed by atoms with E-state index in [1.807, 2.05) is 38.4 Å². The summed E-state index contributed by atoms with van der Waals surface area (Å²) in [7, 11) is 4.03. The van der Waals surface area contributed by atoms with E-state index >= 15 is 0 Å². The van der Waals surface area contributed by atoms with Crippen LogP contribution in [-0.4, -0.2) is 31.4 Å². The quantitative estimate of drug-likeness (QED) is 0.848. The molecule has 1 amide bonds. The maximum absolute atomic E-state index is 13.8. The zero-order chi connectivity index (χ0) is 18.6. The van der Waals surface area contributed by atoms with Crippen LogP contribution in [0.1, 0.15) is 42.9 Å². The largest absolute Gasteiger partial charge is 0.353 e. The topological polar surface area (TPSA) is 32.3 Å². The van der Waals surface area contributed by atoms with E-state index in [2.05, 4.69) is 22.3 Å². The maximum Gasteiger partial charge on any atom is 0.230 e. The number of benzene rings is 2. The van der Waals surface area contributed by atoms with E-state index in [1.165, 1.54) is 17.7 Å². The summed E-state index contributed by atoms with van der Waals surface area (Å²) < 4.78 is 13.8. The summed E-state index contributed by atoms with van der Waals surface area (Å²) >= 11 is 0. The Hall–Kier alpha value is -2.20. The zero-order valence-corrected chi connectivity index (χ0v) is 15.5. The standard InChI is InChI=1S/C22H27FN2O/c1-25(2)20(17-9-4-3-5-10-17)16-24-21(26)22(13-6-7-14-22)18-11-8-12-19(23)15-18/h3-5,8-12,15,20H,6-7,13-14,16H2,1-2H3,(H,24,26). The van der Waals surface area contributed by atoms with Gasteiger partial charge < -0.3 is 10.2 Å². The molecule has 26 heavy (non-hydrogen) atoms. The van der Waals surface area contributed by atoms with Crippen molar-refractivity contribution in [3.8, 4) is 0 Å². The Bertz CT molecular complexity index is 739. The van der Waals surface area contributed by atoms with E-state index in [1.54, 1.807) is 6.07 Å². The summed E-state index contributed by atoms with van der Waals surface area (Å²) in [6, 6.07) is 16.8. The lowest BCUT2D eigenvalue weighted by atomic mass is 9.78. The van der Waals surface area contributed by atoms with Crippen molar-refractivity contribution >= 4 is 5.91 Å². The second kappa shape index (κ2) is 8.00. The molecule has 0 spiro atoms. The molecule has 0 aliphatic heterocycles. The summed E-state index contributed by atoms with van der Waals surface area (Å²) in [4.78, 5) is 15.3. The van der Waals surface area contributed by atoms with Gasteiger partial charge in [0.2, 0.25) is 5.91 Å². The summed E-state index contributed by atoms with van der Waals surface area (Å²) in [5.74, 6) is -0.264. The lowest BCUT2D eigenvalue weighted by molar-refractivity contribution is -0.126. The van der Waals surface area contributed by atoms with Gasteiger partial charge in [0.1, 0.15) is 5.82 Å². The van der Waals surface area contributed by atoms with Gasteiger partial charge in [-0.15, -0.1) is 0 Å². The van der Waals surface area contributed by atoms with E-state index in [9.17, 15) is 9.18 Å². The van der Waals surface area contributed by atoms with Crippen LogP contribution in [0.2, 0.25) is 0 Å². The Labute approximate surface area is 155 Å². The molecule has 2 aromatic carbocycles. The fraction of sp³-hybridized carbons (Fsp3) is 0.409. The Morgan fingerprint density at radius 2 is 1.81 bits per heavy atom. The van der Waals surface area contributed by atoms with Crippen LogP contribution in [0.15, 0.2) is 54.6 Å². The molecular weight excluding hydrogens is 327 g/mol. The average Bonchev–Trinajstić information content (AvgIpc) is 3.13. The smallest absolute Gasteiger partial charge is 0.230 e. The van der Waals surface area contributed by atoms with Crippen molar-refractivity contribution in [2.75, 3.05) is 20.6 Å². The number of nitrogens with zero attached hydrogens (tertiary/aromatic N) is 1. The van der Waals surface area contributed by atoms with Gasteiger partial charge in [0.05, 0.1) is 11.5 Å². The summed E-state index contributed by atoms with van der Waals surface area (Å²) in [5.41, 5.74) is 1.37. The highest BCUT2D eigenvalue weighted by Crippen LogP contribution is 2.41. The maximum atomic E-state index is 13.8. The molecule has 1 aliphatic rings. The van der Waals surface area contributed by atoms with E-state index in [4.69, 9.17) is 0 Å². The molecule has 1 aliphatic carbocycles. The number of amides is 1. The van der Waals surface area contributed by atoms with Gasteiger partial charge in [-0.05, 0) is 50.2 Å². The van der Waals surface area contributed by atoms with Crippen LogP contribution >= 0.6 is 0 Å². The van der Waals surface area contributed by atoms with E-state index < -0.39 is 5.41 Å². The second-order valence-corrected chi connectivity index (χ2v) is 7.40. The number of hydrogen-bond donors (Lipinski definition) is 1. The predicted molar refractivity (Wildman–Crippen MR) is 102 cm³/mol. The molecule has 2 aromatic rings. The van der Waals surface area contributed by atoms with Crippen molar-refractivity contribution in [2.24, 2.45) is 0 Å². The molecule has 1 saturated carbocycles. The van der Waals surface area contributed by atoms with Gasteiger partial charge in [-0.25, -0.2) is 4.39 Å². The van der Waals surface area contributed by atoms with Crippen LogP contribution in [0.4, 0.5) is 4.39 Å². The second-order valence-electron chi connectivity index (χ2n) is 7.40. The molecule has 0 heterocycles. The molecular formula is C22H27FN2O. The fourth-order valence-corrected chi connectivity index (χ4v) is 4.04. The van der Waals surface area contributed by atoms with Crippen molar-refractivity contribution in [1.82, 2.24) is 10.2 Å². The third kappa shape index (κ3) is 3.80. The van der Waals surface area contributed by atoms with Gasteiger partial charge in [0, 0.05) is 6.54 Å². The van der Waals surface area contributed by atoms with Crippen LogP contribution < -0.4 is 5.32 Å². The molecule has 0 radical (unpaired) electrons. The zero-order valence-electron chi connectivity index (χ0n) is 15.5. The average molecular weight is 354 g/mol. The highest BCUT2D eigenvalue weighted by molar-refractivity contribution is 5.88. The lowest BCUT2D eigenvalue weighted by Gasteiger charge is -2.31. The molecule has 1 fully saturated rings. The number of carbonyl (C=O) groups is 1. The molecule has 138 valence electrons. The number of likely N-dealkylation sites (N-methyl/N-ethyl adjacent to an activating group) is 1.